The third kappa shape index (κ3) is 4.21. The molecular weight excluding hydrogens is 364 g/mol. The van der Waals surface area contributed by atoms with Gasteiger partial charge < -0.3 is 14.8 Å². The number of carbonyl (C=O) groups excluding carboxylic acids is 4. The second kappa shape index (κ2) is 8.69. The Morgan fingerprint density at radius 1 is 1.11 bits per heavy atom. The van der Waals surface area contributed by atoms with Gasteiger partial charge in [-0.25, -0.2) is 0 Å². The van der Waals surface area contributed by atoms with Crippen LogP contribution in [-0.4, -0.2) is 48.3 Å². The molecule has 1 fully saturated rings. The summed E-state index contributed by atoms with van der Waals surface area (Å²) in [6.45, 7) is 1.27. The van der Waals surface area contributed by atoms with Crippen molar-refractivity contribution in [3.05, 3.63) is 36.4 Å². The highest BCUT2D eigenvalue weighted by Gasteiger charge is 2.47. The number of esters is 1. The van der Waals surface area contributed by atoms with Gasteiger partial charge in [-0.2, -0.15) is 0 Å². The number of likely N-dealkylation sites (tertiary alicyclic amines) is 1. The highest BCUT2D eigenvalue weighted by atomic mass is 16.5. The number of benzene rings is 1. The predicted octanol–water partition coefficient (Wildman–Crippen LogP) is 1.52. The molecule has 0 saturated carbocycles. The van der Waals surface area contributed by atoms with Crippen molar-refractivity contribution < 1.29 is 28.7 Å². The third-order valence-corrected chi connectivity index (χ3v) is 4.71. The highest BCUT2D eigenvalue weighted by molar-refractivity contribution is 6.07. The van der Waals surface area contributed by atoms with Gasteiger partial charge in [-0.15, -0.1) is 0 Å². The largest absolute Gasteiger partial charge is 0.492 e. The number of hydrogen-bond donors (Lipinski definition) is 1. The van der Waals surface area contributed by atoms with E-state index in [0.717, 1.165) is 4.90 Å². The van der Waals surface area contributed by atoms with Crippen molar-refractivity contribution in [2.75, 3.05) is 25.1 Å². The van der Waals surface area contributed by atoms with Crippen molar-refractivity contribution in [1.82, 2.24) is 4.90 Å². The normalized spacial score (nSPS) is 20.7. The van der Waals surface area contributed by atoms with Gasteiger partial charge in [-0.3, -0.25) is 24.1 Å². The Morgan fingerprint density at radius 2 is 1.75 bits per heavy atom. The van der Waals surface area contributed by atoms with Crippen molar-refractivity contribution >= 4 is 29.4 Å². The van der Waals surface area contributed by atoms with Crippen LogP contribution in [0.4, 0.5) is 5.69 Å². The summed E-state index contributed by atoms with van der Waals surface area (Å²) in [5.41, 5.74) is 0.465. The van der Waals surface area contributed by atoms with E-state index in [1.165, 1.54) is 0 Å². The zero-order chi connectivity index (χ0) is 20.1. The molecule has 1 N–H and O–H groups in total. The fourth-order valence-corrected chi connectivity index (χ4v) is 3.38. The molecule has 0 bridgehead atoms. The molecule has 1 aliphatic heterocycles. The van der Waals surface area contributed by atoms with Crippen molar-refractivity contribution in [3.63, 3.8) is 0 Å². The first-order chi connectivity index (χ1) is 13.5. The minimum absolute atomic E-state index is 0.355. The Morgan fingerprint density at radius 3 is 2.39 bits per heavy atom. The summed E-state index contributed by atoms with van der Waals surface area (Å²) < 4.78 is 10.3. The lowest BCUT2D eigenvalue weighted by Crippen LogP contribution is -2.37. The summed E-state index contributed by atoms with van der Waals surface area (Å²) in [7, 11) is 0. The van der Waals surface area contributed by atoms with E-state index in [-0.39, 0.29) is 11.8 Å². The number of allylic oxidation sites excluding steroid dienone is 2. The summed E-state index contributed by atoms with van der Waals surface area (Å²) in [6.07, 6.45) is 4.75. The van der Waals surface area contributed by atoms with Gasteiger partial charge in [-0.05, 0) is 31.9 Å². The van der Waals surface area contributed by atoms with E-state index >= 15 is 0 Å². The van der Waals surface area contributed by atoms with Crippen LogP contribution < -0.4 is 10.1 Å². The number of hydrogen-bond acceptors (Lipinski definition) is 6. The second-order valence-corrected chi connectivity index (χ2v) is 6.56. The van der Waals surface area contributed by atoms with Crippen molar-refractivity contribution in [3.8, 4) is 5.75 Å². The van der Waals surface area contributed by atoms with Gasteiger partial charge in [0, 0.05) is 0 Å². The highest BCUT2D eigenvalue weighted by Crippen LogP contribution is 2.34. The smallest absolute Gasteiger partial charge is 0.326 e. The lowest BCUT2D eigenvalue weighted by atomic mass is 9.85. The van der Waals surface area contributed by atoms with Crippen LogP contribution >= 0.6 is 0 Å². The Hall–Kier alpha value is -3.16. The molecule has 1 aromatic rings. The Labute approximate surface area is 162 Å². The quantitative estimate of drug-likeness (QED) is 0.433. The van der Waals surface area contributed by atoms with Crippen LogP contribution in [0.1, 0.15) is 19.8 Å². The summed E-state index contributed by atoms with van der Waals surface area (Å²) >= 11 is 0. The molecule has 1 aromatic carbocycles. The molecule has 8 nitrogen and oxygen atoms in total. The second-order valence-electron chi connectivity index (χ2n) is 6.56. The number of carbonyl (C=O) groups is 4. The molecule has 28 heavy (non-hydrogen) atoms. The van der Waals surface area contributed by atoms with E-state index < -0.39 is 36.9 Å². The van der Waals surface area contributed by atoms with Crippen LogP contribution in [0.25, 0.3) is 0 Å². The van der Waals surface area contributed by atoms with Crippen LogP contribution in [0.5, 0.6) is 5.75 Å². The van der Waals surface area contributed by atoms with Crippen LogP contribution in [0.3, 0.4) is 0 Å². The van der Waals surface area contributed by atoms with E-state index in [1.54, 1.807) is 24.3 Å². The molecule has 0 unspecified atom stereocenters. The molecule has 0 radical (unpaired) electrons. The molecule has 1 saturated heterocycles. The number of rotatable bonds is 7. The Balaban J connectivity index is 1.50. The van der Waals surface area contributed by atoms with E-state index in [2.05, 4.69) is 5.32 Å². The molecule has 1 aliphatic carbocycles. The standard InChI is InChI=1S/C20H22N2O6/c1-2-27-16-10-6-5-9-15(16)21-17(23)12-28-18(24)11-22-19(25)13-7-3-4-8-14(13)20(22)26/h3-6,9-10,13-14H,2,7-8,11-12H2,1H3,(H,21,23)/t13-,14-/m0/s1. The topological polar surface area (TPSA) is 102 Å². The van der Waals surface area contributed by atoms with E-state index in [0.29, 0.717) is 30.9 Å². The van der Waals surface area contributed by atoms with Gasteiger partial charge in [0.05, 0.1) is 24.1 Å². The Bertz CT molecular complexity index is 793. The molecule has 2 atom stereocenters. The maximum Gasteiger partial charge on any atom is 0.326 e. The molecule has 8 heteroatoms. The van der Waals surface area contributed by atoms with Gasteiger partial charge in [0.25, 0.3) is 5.91 Å². The lowest BCUT2D eigenvalue weighted by Gasteiger charge is -2.14. The Kier molecular flexibility index (Phi) is 6.08. The first-order valence-electron chi connectivity index (χ1n) is 9.18. The molecular formula is C20H22N2O6. The van der Waals surface area contributed by atoms with E-state index in [4.69, 9.17) is 9.47 Å². The number of ether oxygens (including phenoxy) is 2. The number of nitrogens with one attached hydrogen (secondary N) is 1. The average molecular weight is 386 g/mol. The summed E-state index contributed by atoms with van der Waals surface area (Å²) in [4.78, 5) is 49.7. The van der Waals surface area contributed by atoms with Crippen LogP contribution in [0.2, 0.25) is 0 Å². The lowest BCUT2D eigenvalue weighted by molar-refractivity contribution is -0.154. The van der Waals surface area contributed by atoms with Gasteiger partial charge in [-0.1, -0.05) is 24.3 Å². The number of imide groups is 1. The van der Waals surface area contributed by atoms with E-state index in [9.17, 15) is 19.2 Å². The number of para-hydroxylation sites is 2. The minimum Gasteiger partial charge on any atom is -0.492 e. The number of nitrogens with zero attached hydrogens (tertiary/aromatic N) is 1. The monoisotopic (exact) mass is 386 g/mol. The third-order valence-electron chi connectivity index (χ3n) is 4.71. The predicted molar refractivity (Wildman–Crippen MR) is 99.3 cm³/mol. The maximum atomic E-state index is 12.3. The molecule has 0 aromatic heterocycles. The van der Waals surface area contributed by atoms with Crippen molar-refractivity contribution in [2.24, 2.45) is 11.8 Å². The maximum absolute atomic E-state index is 12.3. The first-order valence-corrected chi connectivity index (χ1v) is 9.18. The molecule has 3 amide bonds. The number of amides is 3. The molecule has 148 valence electrons. The summed E-state index contributed by atoms with van der Waals surface area (Å²) in [5, 5.41) is 2.61. The zero-order valence-electron chi connectivity index (χ0n) is 15.6. The van der Waals surface area contributed by atoms with Crippen LogP contribution in [0.15, 0.2) is 36.4 Å². The summed E-state index contributed by atoms with van der Waals surface area (Å²) in [6, 6.07) is 6.90. The molecule has 3 rings (SSSR count). The SMILES string of the molecule is CCOc1ccccc1NC(=O)COC(=O)CN1C(=O)[C@H]2CC=CC[C@@H]2C1=O. The fourth-order valence-electron chi connectivity index (χ4n) is 3.38. The zero-order valence-corrected chi connectivity index (χ0v) is 15.6. The van der Waals surface area contributed by atoms with Gasteiger partial charge in [0.2, 0.25) is 11.8 Å². The van der Waals surface area contributed by atoms with Gasteiger partial charge in [0.15, 0.2) is 6.61 Å². The van der Waals surface area contributed by atoms with Crippen LogP contribution in [0, 0.1) is 11.8 Å². The van der Waals surface area contributed by atoms with Gasteiger partial charge in [0.1, 0.15) is 12.3 Å². The molecule has 0 spiro atoms. The van der Waals surface area contributed by atoms with E-state index in [1.807, 2.05) is 19.1 Å². The van der Waals surface area contributed by atoms with Gasteiger partial charge >= 0.3 is 5.97 Å². The van der Waals surface area contributed by atoms with Crippen molar-refractivity contribution in [1.29, 1.82) is 0 Å². The fraction of sp³-hybridized carbons (Fsp3) is 0.400. The summed E-state index contributed by atoms with van der Waals surface area (Å²) in [5.74, 6) is -2.35. The first kappa shape index (κ1) is 19.6. The minimum atomic E-state index is -0.804. The number of fused-ring (bicyclic) bond motifs is 1. The van der Waals surface area contributed by atoms with Crippen molar-refractivity contribution in [2.45, 2.75) is 19.8 Å². The molecule has 1 heterocycles. The molecule has 2 aliphatic rings. The average Bonchev–Trinajstić information content (AvgIpc) is 2.93. The van der Waals surface area contributed by atoms with Crippen LogP contribution in [-0.2, 0) is 23.9 Å². The number of anilines is 1.